The standard InChI is InChI=1S/C16H24N2O/c1-11(2)16(8-9-17-10-16)15(19)18-14-12(3)6-5-7-13(14)4/h5-7,11,17H,8-10H2,1-4H3,(H,18,19). The molecule has 1 amide bonds. The highest BCUT2D eigenvalue weighted by Crippen LogP contribution is 2.36. The maximum atomic E-state index is 12.7. The van der Waals surface area contributed by atoms with Gasteiger partial charge in [0.1, 0.15) is 0 Å². The number of carbonyl (C=O) groups is 1. The second-order valence-corrected chi connectivity index (χ2v) is 5.96. The largest absolute Gasteiger partial charge is 0.325 e. The fourth-order valence-corrected chi connectivity index (χ4v) is 2.91. The maximum Gasteiger partial charge on any atom is 0.232 e. The van der Waals surface area contributed by atoms with Crippen LogP contribution in [0.4, 0.5) is 5.69 Å². The number of aryl methyl sites for hydroxylation is 2. The number of amides is 1. The van der Waals surface area contributed by atoms with Crippen LogP contribution in [0, 0.1) is 25.2 Å². The molecule has 1 atom stereocenters. The van der Waals surface area contributed by atoms with Crippen molar-refractivity contribution in [2.24, 2.45) is 11.3 Å². The van der Waals surface area contributed by atoms with E-state index in [4.69, 9.17) is 0 Å². The Morgan fingerprint density at radius 3 is 2.42 bits per heavy atom. The van der Waals surface area contributed by atoms with Crippen LogP contribution in [-0.4, -0.2) is 19.0 Å². The highest BCUT2D eigenvalue weighted by molar-refractivity contribution is 5.97. The fraction of sp³-hybridized carbons (Fsp3) is 0.562. The smallest absolute Gasteiger partial charge is 0.232 e. The lowest BCUT2D eigenvalue weighted by atomic mass is 9.75. The van der Waals surface area contributed by atoms with E-state index < -0.39 is 0 Å². The number of para-hydroxylation sites is 1. The number of rotatable bonds is 3. The molecule has 0 saturated carbocycles. The Bertz CT molecular complexity index is 453. The molecular formula is C16H24N2O. The second-order valence-electron chi connectivity index (χ2n) is 5.96. The molecule has 1 aliphatic rings. The monoisotopic (exact) mass is 260 g/mol. The molecule has 1 fully saturated rings. The van der Waals surface area contributed by atoms with Crippen LogP contribution in [0.25, 0.3) is 0 Å². The van der Waals surface area contributed by atoms with Gasteiger partial charge in [-0.05, 0) is 43.9 Å². The molecule has 0 spiro atoms. The van der Waals surface area contributed by atoms with Gasteiger partial charge in [0, 0.05) is 12.2 Å². The average molecular weight is 260 g/mol. The first-order valence-corrected chi connectivity index (χ1v) is 7.06. The molecule has 19 heavy (non-hydrogen) atoms. The number of carbonyl (C=O) groups excluding carboxylic acids is 1. The van der Waals surface area contributed by atoms with Gasteiger partial charge in [-0.25, -0.2) is 0 Å². The molecule has 1 heterocycles. The number of benzene rings is 1. The van der Waals surface area contributed by atoms with Crippen LogP contribution in [0.2, 0.25) is 0 Å². The third kappa shape index (κ3) is 2.52. The predicted molar refractivity (Wildman–Crippen MR) is 79.3 cm³/mol. The van der Waals surface area contributed by atoms with Gasteiger partial charge in [-0.2, -0.15) is 0 Å². The van der Waals surface area contributed by atoms with Gasteiger partial charge in [-0.15, -0.1) is 0 Å². The quantitative estimate of drug-likeness (QED) is 0.877. The predicted octanol–water partition coefficient (Wildman–Crippen LogP) is 2.88. The van der Waals surface area contributed by atoms with Crippen LogP contribution < -0.4 is 10.6 Å². The van der Waals surface area contributed by atoms with Crippen molar-refractivity contribution in [2.75, 3.05) is 18.4 Å². The molecule has 104 valence electrons. The number of hydrogen-bond donors (Lipinski definition) is 2. The minimum atomic E-state index is -0.269. The van der Waals surface area contributed by atoms with Gasteiger partial charge in [0.2, 0.25) is 5.91 Å². The van der Waals surface area contributed by atoms with Crippen molar-refractivity contribution in [1.82, 2.24) is 5.32 Å². The van der Waals surface area contributed by atoms with Gasteiger partial charge in [0.25, 0.3) is 0 Å². The molecule has 0 aliphatic carbocycles. The van der Waals surface area contributed by atoms with Crippen LogP contribution in [0.1, 0.15) is 31.4 Å². The Morgan fingerprint density at radius 2 is 1.95 bits per heavy atom. The Labute approximate surface area is 115 Å². The molecule has 1 aliphatic heterocycles. The number of hydrogen-bond acceptors (Lipinski definition) is 2. The lowest BCUT2D eigenvalue weighted by molar-refractivity contribution is -0.126. The Balaban J connectivity index is 2.25. The van der Waals surface area contributed by atoms with E-state index in [0.29, 0.717) is 5.92 Å². The molecule has 1 aromatic carbocycles. The molecule has 3 heteroatoms. The molecule has 2 N–H and O–H groups in total. The van der Waals surface area contributed by atoms with Crippen molar-refractivity contribution in [2.45, 2.75) is 34.1 Å². The highest BCUT2D eigenvalue weighted by Gasteiger charge is 2.44. The van der Waals surface area contributed by atoms with Crippen LogP contribution >= 0.6 is 0 Å². The maximum absolute atomic E-state index is 12.7. The van der Waals surface area contributed by atoms with Crippen molar-refractivity contribution in [1.29, 1.82) is 0 Å². The zero-order valence-corrected chi connectivity index (χ0v) is 12.3. The zero-order chi connectivity index (χ0) is 14.0. The first kappa shape index (κ1) is 14.1. The highest BCUT2D eigenvalue weighted by atomic mass is 16.2. The Kier molecular flexibility index (Phi) is 3.95. The normalized spacial score (nSPS) is 22.8. The van der Waals surface area contributed by atoms with Crippen molar-refractivity contribution >= 4 is 11.6 Å². The molecular weight excluding hydrogens is 236 g/mol. The van der Waals surface area contributed by atoms with Gasteiger partial charge >= 0.3 is 0 Å². The van der Waals surface area contributed by atoms with Gasteiger partial charge in [-0.3, -0.25) is 4.79 Å². The summed E-state index contributed by atoms with van der Waals surface area (Å²) in [5.41, 5.74) is 2.95. The van der Waals surface area contributed by atoms with Gasteiger partial charge in [0.05, 0.1) is 5.41 Å². The van der Waals surface area contributed by atoms with Crippen LogP contribution in [0.5, 0.6) is 0 Å². The molecule has 1 saturated heterocycles. The third-order valence-corrected chi connectivity index (χ3v) is 4.47. The summed E-state index contributed by atoms with van der Waals surface area (Å²) in [5, 5.41) is 6.49. The molecule has 0 radical (unpaired) electrons. The topological polar surface area (TPSA) is 41.1 Å². The molecule has 2 rings (SSSR count). The van der Waals surface area contributed by atoms with Crippen molar-refractivity contribution in [3.05, 3.63) is 29.3 Å². The first-order chi connectivity index (χ1) is 8.97. The zero-order valence-electron chi connectivity index (χ0n) is 12.3. The fourth-order valence-electron chi connectivity index (χ4n) is 2.91. The summed E-state index contributed by atoms with van der Waals surface area (Å²) in [7, 11) is 0. The molecule has 1 unspecified atom stereocenters. The summed E-state index contributed by atoms with van der Waals surface area (Å²) in [4.78, 5) is 12.7. The third-order valence-electron chi connectivity index (χ3n) is 4.47. The molecule has 0 aromatic heterocycles. The summed E-state index contributed by atoms with van der Waals surface area (Å²) in [6.45, 7) is 10.1. The SMILES string of the molecule is Cc1cccc(C)c1NC(=O)C1(C(C)C)CCNC1. The van der Waals surface area contributed by atoms with E-state index in [1.54, 1.807) is 0 Å². The second kappa shape index (κ2) is 5.33. The van der Waals surface area contributed by atoms with Crippen LogP contribution in [-0.2, 0) is 4.79 Å². The van der Waals surface area contributed by atoms with Crippen LogP contribution in [0.3, 0.4) is 0 Å². The average Bonchev–Trinajstić information content (AvgIpc) is 2.84. The van der Waals surface area contributed by atoms with E-state index in [9.17, 15) is 4.79 Å². The van der Waals surface area contributed by atoms with E-state index in [-0.39, 0.29) is 11.3 Å². The summed E-state index contributed by atoms with van der Waals surface area (Å²) in [6, 6.07) is 6.10. The lowest BCUT2D eigenvalue weighted by Crippen LogP contribution is -2.42. The summed E-state index contributed by atoms with van der Waals surface area (Å²) >= 11 is 0. The van der Waals surface area contributed by atoms with E-state index in [1.807, 2.05) is 32.0 Å². The lowest BCUT2D eigenvalue weighted by Gasteiger charge is -2.31. The minimum Gasteiger partial charge on any atom is -0.325 e. The molecule has 3 nitrogen and oxygen atoms in total. The van der Waals surface area contributed by atoms with E-state index in [2.05, 4.69) is 24.5 Å². The van der Waals surface area contributed by atoms with Gasteiger partial charge in [0.15, 0.2) is 0 Å². The van der Waals surface area contributed by atoms with E-state index in [1.165, 1.54) is 0 Å². The van der Waals surface area contributed by atoms with Crippen LogP contribution in [0.15, 0.2) is 18.2 Å². The van der Waals surface area contributed by atoms with Gasteiger partial charge in [-0.1, -0.05) is 32.0 Å². The Morgan fingerprint density at radius 1 is 1.32 bits per heavy atom. The van der Waals surface area contributed by atoms with Gasteiger partial charge < -0.3 is 10.6 Å². The van der Waals surface area contributed by atoms with E-state index in [0.717, 1.165) is 36.3 Å². The van der Waals surface area contributed by atoms with Crippen molar-refractivity contribution in [3.63, 3.8) is 0 Å². The Hall–Kier alpha value is -1.35. The molecule has 1 aromatic rings. The number of nitrogens with one attached hydrogen (secondary N) is 2. The summed E-state index contributed by atoms with van der Waals surface area (Å²) in [5.74, 6) is 0.497. The number of anilines is 1. The van der Waals surface area contributed by atoms with E-state index >= 15 is 0 Å². The molecule has 0 bridgehead atoms. The van der Waals surface area contributed by atoms with Crippen molar-refractivity contribution < 1.29 is 4.79 Å². The summed E-state index contributed by atoms with van der Waals surface area (Å²) < 4.78 is 0. The summed E-state index contributed by atoms with van der Waals surface area (Å²) in [6.07, 6.45) is 0.918. The minimum absolute atomic E-state index is 0.157. The van der Waals surface area contributed by atoms with Crippen molar-refractivity contribution in [3.8, 4) is 0 Å². The first-order valence-electron chi connectivity index (χ1n) is 7.06.